The van der Waals surface area contributed by atoms with E-state index in [9.17, 15) is 18.8 Å². The molecule has 3 rings (SSSR count). The van der Waals surface area contributed by atoms with E-state index in [2.05, 4.69) is 9.47 Å². The van der Waals surface area contributed by atoms with E-state index in [0.29, 0.717) is 17.7 Å². The lowest BCUT2D eigenvalue weighted by atomic mass is 10.1. The van der Waals surface area contributed by atoms with Gasteiger partial charge in [-0.2, -0.15) is 0 Å². The third-order valence-electron chi connectivity index (χ3n) is 4.01. The van der Waals surface area contributed by atoms with Crippen LogP contribution in [0.3, 0.4) is 0 Å². The van der Waals surface area contributed by atoms with E-state index in [1.54, 1.807) is 24.3 Å². The number of carbonyl (C=O) groups is 3. The van der Waals surface area contributed by atoms with Crippen molar-refractivity contribution in [3.05, 3.63) is 65.2 Å². The first-order chi connectivity index (χ1) is 13.9. The third kappa shape index (κ3) is 4.96. The molecule has 1 aliphatic heterocycles. The maximum absolute atomic E-state index is 14.3. The first-order valence-electron chi connectivity index (χ1n) is 8.50. The van der Waals surface area contributed by atoms with Crippen LogP contribution in [0, 0.1) is 5.82 Å². The van der Waals surface area contributed by atoms with Gasteiger partial charge in [0.15, 0.2) is 17.3 Å². The van der Waals surface area contributed by atoms with Crippen LogP contribution < -0.4 is 15.8 Å². The van der Waals surface area contributed by atoms with Gasteiger partial charge >= 0.3 is 12.1 Å². The molecular weight excluding hydrogens is 383 g/mol. The molecule has 2 aromatic rings. The van der Waals surface area contributed by atoms with Crippen molar-refractivity contribution < 1.29 is 33.0 Å². The van der Waals surface area contributed by atoms with E-state index in [4.69, 9.17) is 10.5 Å². The minimum Gasteiger partial charge on any atom is -0.468 e. The topological polar surface area (TPSA) is 117 Å². The average molecular weight is 400 g/mol. The van der Waals surface area contributed by atoms with Gasteiger partial charge in [0.2, 0.25) is 0 Å². The minimum atomic E-state index is -0.877. The molecule has 0 spiro atoms. The minimum absolute atomic E-state index is 0.0287. The van der Waals surface area contributed by atoms with E-state index in [0.717, 1.165) is 11.6 Å². The SMILES string of the molecule is COC(=O)C(N)Cc1ccc(Oc2ccc(/C=C3/OC(=O)NC3=O)cc2F)cc1. The van der Waals surface area contributed by atoms with Crippen molar-refractivity contribution in [3.63, 3.8) is 0 Å². The molecule has 1 heterocycles. The predicted molar refractivity (Wildman–Crippen MR) is 99.2 cm³/mol. The molecule has 29 heavy (non-hydrogen) atoms. The van der Waals surface area contributed by atoms with Crippen molar-refractivity contribution in [1.29, 1.82) is 0 Å². The molecule has 1 unspecified atom stereocenters. The second-order valence-corrected chi connectivity index (χ2v) is 6.12. The lowest BCUT2D eigenvalue weighted by Gasteiger charge is -2.11. The van der Waals surface area contributed by atoms with Crippen LogP contribution in [-0.2, 0) is 25.5 Å². The summed E-state index contributed by atoms with van der Waals surface area (Å²) in [5.41, 5.74) is 6.83. The second kappa shape index (κ2) is 8.53. The van der Waals surface area contributed by atoms with Crippen molar-refractivity contribution >= 4 is 24.0 Å². The number of methoxy groups -OCH3 is 1. The van der Waals surface area contributed by atoms with E-state index in [1.165, 1.54) is 25.3 Å². The number of benzene rings is 2. The number of ether oxygens (including phenoxy) is 3. The summed E-state index contributed by atoms with van der Waals surface area (Å²) >= 11 is 0. The van der Waals surface area contributed by atoms with E-state index in [-0.39, 0.29) is 11.5 Å². The number of nitrogens with two attached hydrogens (primary N) is 1. The number of imide groups is 1. The zero-order chi connectivity index (χ0) is 21.0. The average Bonchev–Trinajstić information content (AvgIpc) is 3.01. The molecule has 3 N–H and O–H groups in total. The quantitative estimate of drug-likeness (QED) is 0.564. The standard InChI is InChI=1S/C20H17FN2O6/c1-27-19(25)15(22)9-11-2-5-13(6-3-11)28-16-7-4-12(8-14(16)21)10-17-18(24)23-20(26)29-17/h2-8,10,15H,9,22H2,1H3,(H,23,24,26)/b17-10+. The van der Waals surface area contributed by atoms with Crippen molar-refractivity contribution in [2.75, 3.05) is 7.11 Å². The van der Waals surface area contributed by atoms with Crippen LogP contribution in [0.4, 0.5) is 9.18 Å². The number of hydrogen-bond donors (Lipinski definition) is 2. The van der Waals surface area contributed by atoms with Crippen LogP contribution in [0.1, 0.15) is 11.1 Å². The van der Waals surface area contributed by atoms with Crippen LogP contribution >= 0.6 is 0 Å². The van der Waals surface area contributed by atoms with Crippen LogP contribution in [0.15, 0.2) is 48.2 Å². The predicted octanol–water partition coefficient (Wildman–Crippen LogP) is 2.27. The van der Waals surface area contributed by atoms with Crippen LogP contribution in [-0.4, -0.2) is 31.1 Å². The van der Waals surface area contributed by atoms with Gasteiger partial charge in [-0.3, -0.25) is 14.9 Å². The molecule has 1 aliphatic rings. The molecule has 2 aromatic carbocycles. The highest BCUT2D eigenvalue weighted by Gasteiger charge is 2.26. The Kier molecular flexibility index (Phi) is 5.89. The Morgan fingerprint density at radius 3 is 2.55 bits per heavy atom. The molecule has 2 amide bonds. The number of esters is 1. The van der Waals surface area contributed by atoms with Gasteiger partial charge in [-0.15, -0.1) is 0 Å². The monoisotopic (exact) mass is 400 g/mol. The summed E-state index contributed by atoms with van der Waals surface area (Å²) in [4.78, 5) is 33.8. The largest absolute Gasteiger partial charge is 0.468 e. The summed E-state index contributed by atoms with van der Waals surface area (Å²) < 4.78 is 29.1. The fourth-order valence-corrected chi connectivity index (χ4v) is 2.57. The van der Waals surface area contributed by atoms with Gasteiger partial charge in [0.05, 0.1) is 7.11 Å². The molecule has 0 radical (unpaired) electrons. The number of amides is 2. The summed E-state index contributed by atoms with van der Waals surface area (Å²) in [5.74, 6) is -1.73. The Morgan fingerprint density at radius 1 is 1.24 bits per heavy atom. The summed E-state index contributed by atoms with van der Waals surface area (Å²) in [6, 6.07) is 9.93. The highest BCUT2D eigenvalue weighted by molar-refractivity contribution is 6.09. The van der Waals surface area contributed by atoms with Gasteiger partial charge in [-0.25, -0.2) is 9.18 Å². The Balaban J connectivity index is 1.67. The normalized spacial score (nSPS) is 15.6. The molecule has 0 aliphatic carbocycles. The summed E-state index contributed by atoms with van der Waals surface area (Å²) in [6.45, 7) is 0. The molecule has 1 fully saturated rings. The number of hydrogen-bond acceptors (Lipinski definition) is 7. The number of rotatable bonds is 6. The molecule has 0 saturated carbocycles. The molecule has 1 saturated heterocycles. The van der Waals surface area contributed by atoms with Gasteiger partial charge < -0.3 is 19.9 Å². The number of carbonyl (C=O) groups excluding carboxylic acids is 3. The Hall–Kier alpha value is -3.72. The molecule has 150 valence electrons. The molecular formula is C20H17FN2O6. The van der Waals surface area contributed by atoms with E-state index >= 15 is 0 Å². The van der Waals surface area contributed by atoms with Gasteiger partial charge in [0.25, 0.3) is 5.91 Å². The maximum atomic E-state index is 14.3. The molecule has 0 aromatic heterocycles. The first kappa shape index (κ1) is 20.0. The molecule has 9 heteroatoms. The van der Waals surface area contributed by atoms with E-state index in [1.807, 2.05) is 5.32 Å². The van der Waals surface area contributed by atoms with Gasteiger partial charge in [0.1, 0.15) is 11.8 Å². The fraction of sp³-hybridized carbons (Fsp3) is 0.150. The van der Waals surface area contributed by atoms with Crippen LogP contribution in [0.25, 0.3) is 6.08 Å². The second-order valence-electron chi connectivity index (χ2n) is 6.12. The van der Waals surface area contributed by atoms with Crippen LogP contribution in [0.5, 0.6) is 11.5 Å². The molecule has 0 bridgehead atoms. The zero-order valence-electron chi connectivity index (χ0n) is 15.3. The lowest BCUT2D eigenvalue weighted by molar-refractivity contribution is -0.142. The summed E-state index contributed by atoms with van der Waals surface area (Å²) in [6.07, 6.45) is 0.660. The maximum Gasteiger partial charge on any atom is 0.419 e. The Morgan fingerprint density at radius 2 is 1.97 bits per heavy atom. The van der Waals surface area contributed by atoms with Gasteiger partial charge in [-0.1, -0.05) is 18.2 Å². The first-order valence-corrected chi connectivity index (χ1v) is 8.50. The number of nitrogens with one attached hydrogen (secondary N) is 1. The fourth-order valence-electron chi connectivity index (χ4n) is 2.57. The van der Waals surface area contributed by atoms with Crippen LogP contribution in [0.2, 0.25) is 0 Å². The Labute approximate surface area is 165 Å². The summed E-state index contributed by atoms with van der Waals surface area (Å²) in [5, 5.41) is 1.95. The summed E-state index contributed by atoms with van der Waals surface area (Å²) in [7, 11) is 1.27. The van der Waals surface area contributed by atoms with Gasteiger partial charge in [0, 0.05) is 0 Å². The smallest absolute Gasteiger partial charge is 0.419 e. The van der Waals surface area contributed by atoms with Crippen molar-refractivity contribution in [2.45, 2.75) is 12.5 Å². The van der Waals surface area contributed by atoms with Crippen molar-refractivity contribution in [2.24, 2.45) is 5.73 Å². The lowest BCUT2D eigenvalue weighted by Crippen LogP contribution is -2.33. The third-order valence-corrected chi connectivity index (χ3v) is 4.01. The number of cyclic esters (lactones) is 1. The van der Waals surface area contributed by atoms with E-state index < -0.39 is 29.8 Å². The number of alkyl carbamates (subject to hydrolysis) is 1. The highest BCUT2D eigenvalue weighted by Crippen LogP contribution is 2.26. The van der Waals surface area contributed by atoms with Crippen molar-refractivity contribution in [1.82, 2.24) is 5.32 Å². The zero-order valence-corrected chi connectivity index (χ0v) is 15.3. The van der Waals surface area contributed by atoms with Crippen molar-refractivity contribution in [3.8, 4) is 11.5 Å². The molecule has 1 atom stereocenters. The molecule has 8 nitrogen and oxygen atoms in total. The van der Waals surface area contributed by atoms with Gasteiger partial charge in [-0.05, 0) is 47.9 Å². The highest BCUT2D eigenvalue weighted by atomic mass is 19.1. The number of halogens is 1. The Bertz CT molecular complexity index is 987.